The van der Waals surface area contributed by atoms with Crippen LogP contribution in [0.4, 0.5) is 0 Å². The van der Waals surface area contributed by atoms with Crippen molar-refractivity contribution in [3.8, 4) is 0 Å². The van der Waals surface area contributed by atoms with Gasteiger partial charge in [-0.25, -0.2) is 0 Å². The Balaban J connectivity index is 2.51. The van der Waals surface area contributed by atoms with Crippen molar-refractivity contribution in [2.45, 2.75) is 6.17 Å². The van der Waals surface area contributed by atoms with Gasteiger partial charge < -0.3 is 5.32 Å². The summed E-state index contributed by atoms with van der Waals surface area (Å²) >= 11 is 1.81. The summed E-state index contributed by atoms with van der Waals surface area (Å²) in [6, 6.07) is 8.55. The first-order valence-corrected chi connectivity index (χ1v) is 5.92. The number of hydrogen-bond acceptors (Lipinski definition) is 3. The van der Waals surface area contributed by atoms with E-state index in [-0.39, 0.29) is 0 Å². The molecule has 0 spiro atoms. The van der Waals surface area contributed by atoms with Gasteiger partial charge in [-0.1, -0.05) is 18.2 Å². The van der Waals surface area contributed by atoms with Crippen LogP contribution in [0, 0.1) is 0 Å². The zero-order valence-electron chi connectivity index (χ0n) is 9.32. The Morgan fingerprint density at radius 2 is 2.00 bits per heavy atom. The molecule has 0 amide bonds. The molecule has 1 aromatic carbocycles. The minimum Gasteiger partial charge on any atom is -0.301 e. The van der Waals surface area contributed by atoms with Crippen molar-refractivity contribution < 1.29 is 0 Å². The van der Waals surface area contributed by atoms with Crippen LogP contribution in [-0.2, 0) is 0 Å². The van der Waals surface area contributed by atoms with Crippen molar-refractivity contribution in [3.05, 3.63) is 35.2 Å². The molecule has 1 N–H and O–H groups in total. The molecule has 1 atom stereocenters. The third-order valence-corrected chi connectivity index (χ3v) is 3.58. The molecule has 1 heterocycles. The van der Waals surface area contributed by atoms with Crippen molar-refractivity contribution in [1.82, 2.24) is 10.2 Å². The van der Waals surface area contributed by atoms with Crippen molar-refractivity contribution in [2.75, 3.05) is 21.1 Å². The molecule has 80 valence electrons. The quantitative estimate of drug-likeness (QED) is 0.800. The van der Waals surface area contributed by atoms with Gasteiger partial charge in [0.2, 0.25) is 0 Å². The number of thiophene rings is 1. The second kappa shape index (κ2) is 4.31. The molecule has 0 saturated heterocycles. The van der Waals surface area contributed by atoms with Crippen molar-refractivity contribution in [2.24, 2.45) is 0 Å². The molecule has 3 heteroatoms. The summed E-state index contributed by atoms with van der Waals surface area (Å²) < 4.78 is 1.36. The Hall–Kier alpha value is -0.900. The Morgan fingerprint density at radius 3 is 2.67 bits per heavy atom. The molecule has 2 rings (SSSR count). The molecule has 0 aliphatic rings. The lowest BCUT2D eigenvalue weighted by molar-refractivity contribution is 0.267. The Kier molecular flexibility index (Phi) is 3.05. The first kappa shape index (κ1) is 10.6. The van der Waals surface area contributed by atoms with Crippen molar-refractivity contribution >= 4 is 21.4 Å². The fourth-order valence-electron chi connectivity index (χ4n) is 1.90. The molecular weight excluding hydrogens is 204 g/mol. The van der Waals surface area contributed by atoms with Gasteiger partial charge in [-0.15, -0.1) is 11.3 Å². The molecule has 0 bridgehead atoms. The van der Waals surface area contributed by atoms with E-state index in [4.69, 9.17) is 0 Å². The molecule has 0 aliphatic heterocycles. The van der Waals surface area contributed by atoms with Crippen LogP contribution in [0.3, 0.4) is 0 Å². The highest BCUT2D eigenvalue weighted by Crippen LogP contribution is 2.30. The summed E-state index contributed by atoms with van der Waals surface area (Å²) in [7, 11) is 6.18. The van der Waals surface area contributed by atoms with Gasteiger partial charge >= 0.3 is 0 Å². The van der Waals surface area contributed by atoms with E-state index in [2.05, 4.69) is 54.0 Å². The standard InChI is InChI=1S/C12H16N2S/c1-13-12(14(2)3)10-8-15-11-7-5-4-6-9(10)11/h4-8,12-13H,1-3H3. The predicted molar refractivity (Wildman–Crippen MR) is 67.3 cm³/mol. The second-order valence-corrected chi connectivity index (χ2v) is 4.75. The van der Waals surface area contributed by atoms with E-state index in [1.165, 1.54) is 15.6 Å². The van der Waals surface area contributed by atoms with Crippen LogP contribution in [0.1, 0.15) is 11.7 Å². The normalized spacial score (nSPS) is 13.6. The maximum Gasteiger partial charge on any atom is 0.0867 e. The van der Waals surface area contributed by atoms with E-state index in [1.54, 1.807) is 0 Å². The van der Waals surface area contributed by atoms with Crippen LogP contribution >= 0.6 is 11.3 Å². The van der Waals surface area contributed by atoms with Gasteiger partial charge in [-0.3, -0.25) is 4.90 Å². The zero-order valence-corrected chi connectivity index (χ0v) is 10.1. The Bertz CT molecular complexity index is 448. The molecule has 0 saturated carbocycles. The van der Waals surface area contributed by atoms with E-state index >= 15 is 0 Å². The van der Waals surface area contributed by atoms with Crippen LogP contribution in [-0.4, -0.2) is 26.0 Å². The first-order chi connectivity index (χ1) is 7.24. The Morgan fingerprint density at radius 1 is 1.27 bits per heavy atom. The van der Waals surface area contributed by atoms with Gasteiger partial charge in [-0.2, -0.15) is 0 Å². The highest BCUT2D eigenvalue weighted by molar-refractivity contribution is 7.17. The van der Waals surface area contributed by atoms with E-state index in [0.717, 1.165) is 0 Å². The molecule has 15 heavy (non-hydrogen) atoms. The SMILES string of the molecule is CNC(c1csc2ccccc12)N(C)C. The summed E-state index contributed by atoms with van der Waals surface area (Å²) in [6.45, 7) is 0. The summed E-state index contributed by atoms with van der Waals surface area (Å²) in [5, 5.41) is 6.93. The average molecular weight is 220 g/mol. The minimum atomic E-state index is 0.293. The predicted octanol–water partition coefficient (Wildman–Crippen LogP) is 2.68. The Labute approximate surface area is 94.5 Å². The van der Waals surface area contributed by atoms with Crippen LogP contribution in [0.15, 0.2) is 29.6 Å². The number of fused-ring (bicyclic) bond motifs is 1. The average Bonchev–Trinajstić information content (AvgIpc) is 2.63. The highest BCUT2D eigenvalue weighted by atomic mass is 32.1. The third-order valence-electron chi connectivity index (χ3n) is 2.60. The smallest absolute Gasteiger partial charge is 0.0867 e. The summed E-state index contributed by atoms with van der Waals surface area (Å²) in [5.41, 5.74) is 1.36. The number of hydrogen-bond donors (Lipinski definition) is 1. The number of nitrogens with zero attached hydrogens (tertiary/aromatic N) is 1. The lowest BCUT2D eigenvalue weighted by Gasteiger charge is -2.23. The maximum atomic E-state index is 3.33. The zero-order chi connectivity index (χ0) is 10.8. The van der Waals surface area contributed by atoms with Gasteiger partial charge in [0.15, 0.2) is 0 Å². The third kappa shape index (κ3) is 1.91. The lowest BCUT2D eigenvalue weighted by Crippen LogP contribution is -2.30. The summed E-state index contributed by atoms with van der Waals surface area (Å²) in [4.78, 5) is 2.19. The first-order valence-electron chi connectivity index (χ1n) is 5.04. The van der Waals surface area contributed by atoms with Gasteiger partial charge in [0, 0.05) is 10.3 Å². The molecule has 1 unspecified atom stereocenters. The van der Waals surface area contributed by atoms with E-state index in [9.17, 15) is 0 Å². The van der Waals surface area contributed by atoms with Gasteiger partial charge in [0.05, 0.1) is 6.17 Å². The largest absolute Gasteiger partial charge is 0.301 e. The second-order valence-electron chi connectivity index (χ2n) is 3.84. The van der Waals surface area contributed by atoms with Crippen LogP contribution in [0.2, 0.25) is 0 Å². The molecule has 1 aromatic heterocycles. The number of benzene rings is 1. The van der Waals surface area contributed by atoms with Gasteiger partial charge in [0.1, 0.15) is 0 Å². The van der Waals surface area contributed by atoms with E-state index in [0.29, 0.717) is 6.17 Å². The van der Waals surface area contributed by atoms with E-state index < -0.39 is 0 Å². The van der Waals surface area contributed by atoms with Crippen LogP contribution in [0.25, 0.3) is 10.1 Å². The van der Waals surface area contributed by atoms with Crippen LogP contribution < -0.4 is 5.32 Å². The van der Waals surface area contributed by atoms with Gasteiger partial charge in [0.25, 0.3) is 0 Å². The minimum absolute atomic E-state index is 0.293. The van der Waals surface area contributed by atoms with Crippen LogP contribution in [0.5, 0.6) is 0 Å². The highest BCUT2D eigenvalue weighted by Gasteiger charge is 2.15. The fourth-order valence-corrected chi connectivity index (χ4v) is 2.88. The summed E-state index contributed by atoms with van der Waals surface area (Å²) in [6.07, 6.45) is 0.293. The number of nitrogens with one attached hydrogen (secondary N) is 1. The molecule has 0 fully saturated rings. The molecule has 0 radical (unpaired) electrons. The molecular formula is C12H16N2S. The summed E-state index contributed by atoms with van der Waals surface area (Å²) in [5.74, 6) is 0. The van der Waals surface area contributed by atoms with Gasteiger partial charge in [-0.05, 0) is 38.0 Å². The van der Waals surface area contributed by atoms with E-state index in [1.807, 2.05) is 18.4 Å². The van der Waals surface area contributed by atoms with Crippen molar-refractivity contribution in [1.29, 1.82) is 0 Å². The molecule has 2 nitrogen and oxygen atoms in total. The number of rotatable bonds is 3. The lowest BCUT2D eigenvalue weighted by atomic mass is 10.1. The fraction of sp³-hybridized carbons (Fsp3) is 0.333. The molecule has 0 aliphatic carbocycles. The van der Waals surface area contributed by atoms with Crippen molar-refractivity contribution in [3.63, 3.8) is 0 Å². The topological polar surface area (TPSA) is 15.3 Å². The molecule has 2 aromatic rings. The maximum absolute atomic E-state index is 3.33. The monoisotopic (exact) mass is 220 g/mol.